The number of rotatable bonds is 12. The smallest absolute Gasteiger partial charge is 0.316 e. The first kappa shape index (κ1) is 25.6. The molecule has 1 aliphatic rings. The van der Waals surface area contributed by atoms with E-state index >= 15 is 0 Å². The minimum absolute atomic E-state index is 0.0463. The van der Waals surface area contributed by atoms with Gasteiger partial charge in [0.05, 0.1) is 5.92 Å². The Morgan fingerprint density at radius 1 is 1.00 bits per heavy atom. The molecular formula is C23H38N6O3. The van der Waals surface area contributed by atoms with Crippen LogP contribution in [-0.4, -0.2) is 42.6 Å². The van der Waals surface area contributed by atoms with Crippen molar-refractivity contribution in [2.24, 2.45) is 23.1 Å². The van der Waals surface area contributed by atoms with Crippen molar-refractivity contribution in [3.8, 4) is 0 Å². The van der Waals surface area contributed by atoms with Crippen LogP contribution in [0.1, 0.15) is 56.9 Å². The van der Waals surface area contributed by atoms with Gasteiger partial charge in [-0.05, 0) is 37.8 Å². The second kappa shape index (κ2) is 13.7. The van der Waals surface area contributed by atoms with E-state index in [0.29, 0.717) is 19.4 Å². The van der Waals surface area contributed by atoms with Gasteiger partial charge in [-0.2, -0.15) is 0 Å². The number of primary amides is 1. The molecule has 32 heavy (non-hydrogen) atoms. The van der Waals surface area contributed by atoms with Gasteiger partial charge in [-0.15, -0.1) is 0 Å². The lowest BCUT2D eigenvalue weighted by atomic mass is 9.84. The van der Waals surface area contributed by atoms with Crippen molar-refractivity contribution >= 4 is 17.8 Å². The number of hydrogen-bond donors (Lipinski definition) is 6. The molecule has 9 nitrogen and oxygen atoms in total. The maximum absolute atomic E-state index is 12.9. The van der Waals surface area contributed by atoms with Gasteiger partial charge in [0.25, 0.3) is 0 Å². The second-order valence-electron chi connectivity index (χ2n) is 8.58. The first-order valence-corrected chi connectivity index (χ1v) is 11.5. The Balaban J connectivity index is 2.02. The topological polar surface area (TPSA) is 165 Å². The number of nitrogens with two attached hydrogens (primary N) is 3. The molecule has 0 aromatic heterocycles. The highest BCUT2D eigenvalue weighted by atomic mass is 16.2. The average molecular weight is 447 g/mol. The molecule has 4 amide bonds. The van der Waals surface area contributed by atoms with Crippen LogP contribution in [0.25, 0.3) is 0 Å². The van der Waals surface area contributed by atoms with Crippen LogP contribution in [-0.2, 0) is 16.0 Å². The standard InChI is InChI=1S/C23H38N6O3/c24-13-7-6-10-17(15-20(26)30)27-23(32)29-21(14-16-8-2-1-3-9-16)28-22(31)18-11-4-5-12-19(18)25/h1-3,8-9,17-19,21H,4-7,10-15,24-25H2,(H2,26,30)(H,28,31)(H2,27,29,32)/t17-,18-,19-,21+/m0/s1. The first-order chi connectivity index (χ1) is 15.4. The lowest BCUT2D eigenvalue weighted by Gasteiger charge is -2.30. The monoisotopic (exact) mass is 446 g/mol. The van der Waals surface area contributed by atoms with Gasteiger partial charge in [-0.1, -0.05) is 49.6 Å². The Kier molecular flexibility index (Phi) is 11.0. The molecule has 1 fully saturated rings. The minimum atomic E-state index is -0.614. The number of unbranched alkanes of at least 4 members (excludes halogenated alkanes) is 1. The third-order valence-electron chi connectivity index (χ3n) is 5.85. The molecule has 1 aliphatic carbocycles. The summed E-state index contributed by atoms with van der Waals surface area (Å²) in [5.74, 6) is -0.885. The van der Waals surface area contributed by atoms with Crippen LogP contribution in [0.4, 0.5) is 4.79 Å². The number of urea groups is 1. The molecule has 178 valence electrons. The van der Waals surface area contributed by atoms with Crippen LogP contribution in [0, 0.1) is 5.92 Å². The Hall–Kier alpha value is -2.65. The van der Waals surface area contributed by atoms with E-state index in [2.05, 4.69) is 16.0 Å². The molecule has 0 spiro atoms. The van der Waals surface area contributed by atoms with Gasteiger partial charge >= 0.3 is 6.03 Å². The van der Waals surface area contributed by atoms with E-state index in [9.17, 15) is 14.4 Å². The van der Waals surface area contributed by atoms with Gasteiger partial charge in [0, 0.05) is 24.9 Å². The van der Waals surface area contributed by atoms with Crippen molar-refractivity contribution in [2.45, 2.75) is 76.0 Å². The van der Waals surface area contributed by atoms with E-state index in [4.69, 9.17) is 17.2 Å². The zero-order chi connectivity index (χ0) is 23.3. The number of hydrogen-bond acceptors (Lipinski definition) is 5. The fraction of sp³-hybridized carbons (Fsp3) is 0.609. The maximum atomic E-state index is 12.9. The third kappa shape index (κ3) is 9.23. The molecule has 4 atom stereocenters. The summed E-state index contributed by atoms with van der Waals surface area (Å²) in [7, 11) is 0. The molecule has 0 saturated heterocycles. The van der Waals surface area contributed by atoms with Crippen molar-refractivity contribution in [1.82, 2.24) is 16.0 Å². The molecule has 1 aromatic rings. The highest BCUT2D eigenvalue weighted by molar-refractivity contribution is 5.81. The molecule has 0 unspecified atom stereocenters. The lowest BCUT2D eigenvalue weighted by molar-refractivity contribution is -0.127. The molecule has 0 radical (unpaired) electrons. The van der Waals surface area contributed by atoms with Crippen LogP contribution < -0.4 is 33.2 Å². The summed E-state index contributed by atoms with van der Waals surface area (Å²) >= 11 is 0. The summed E-state index contributed by atoms with van der Waals surface area (Å²) in [6, 6.07) is 8.59. The molecule has 9 heteroatoms. The van der Waals surface area contributed by atoms with E-state index in [1.54, 1.807) is 0 Å². The lowest BCUT2D eigenvalue weighted by Crippen LogP contribution is -2.56. The van der Waals surface area contributed by atoms with Crippen LogP contribution in [0.2, 0.25) is 0 Å². The Bertz CT molecular complexity index is 730. The van der Waals surface area contributed by atoms with Gasteiger partial charge < -0.3 is 33.2 Å². The summed E-state index contributed by atoms with van der Waals surface area (Å²) in [5, 5.41) is 8.63. The Morgan fingerprint density at radius 2 is 1.72 bits per heavy atom. The summed E-state index contributed by atoms with van der Waals surface area (Å²) in [4.78, 5) is 37.0. The zero-order valence-electron chi connectivity index (χ0n) is 18.7. The minimum Gasteiger partial charge on any atom is -0.370 e. The van der Waals surface area contributed by atoms with E-state index in [-0.39, 0.29) is 30.3 Å². The molecule has 1 aromatic carbocycles. The van der Waals surface area contributed by atoms with Crippen molar-refractivity contribution in [1.29, 1.82) is 0 Å². The highest BCUT2D eigenvalue weighted by Gasteiger charge is 2.30. The van der Waals surface area contributed by atoms with E-state index in [1.807, 2.05) is 30.3 Å². The average Bonchev–Trinajstić information content (AvgIpc) is 2.74. The van der Waals surface area contributed by atoms with Crippen molar-refractivity contribution < 1.29 is 14.4 Å². The highest BCUT2D eigenvalue weighted by Crippen LogP contribution is 2.23. The van der Waals surface area contributed by atoms with Crippen LogP contribution >= 0.6 is 0 Å². The number of carbonyl (C=O) groups is 3. The fourth-order valence-corrected chi connectivity index (χ4v) is 4.14. The molecule has 0 heterocycles. The van der Waals surface area contributed by atoms with Gasteiger partial charge in [0.2, 0.25) is 11.8 Å². The summed E-state index contributed by atoms with van der Waals surface area (Å²) in [6.07, 6.45) is 5.61. The Labute approximate surface area is 190 Å². The number of carbonyl (C=O) groups excluding carboxylic acids is 3. The number of nitrogens with one attached hydrogen (secondary N) is 3. The second-order valence-corrected chi connectivity index (χ2v) is 8.58. The summed E-state index contributed by atoms with van der Waals surface area (Å²) in [5.41, 5.74) is 18.0. The van der Waals surface area contributed by atoms with Crippen LogP contribution in [0.15, 0.2) is 30.3 Å². The zero-order valence-corrected chi connectivity index (χ0v) is 18.7. The van der Waals surface area contributed by atoms with E-state index in [1.165, 1.54) is 0 Å². The van der Waals surface area contributed by atoms with Gasteiger partial charge in [0.15, 0.2) is 0 Å². The maximum Gasteiger partial charge on any atom is 0.316 e. The summed E-state index contributed by atoms with van der Waals surface area (Å²) in [6.45, 7) is 0.546. The predicted octanol–water partition coefficient (Wildman–Crippen LogP) is 0.861. The summed E-state index contributed by atoms with van der Waals surface area (Å²) < 4.78 is 0. The SMILES string of the molecule is NCCCC[C@@H](CC(N)=O)NC(=O)N[C@H](Cc1ccccc1)NC(=O)[C@H]1CCCC[C@@H]1N. The van der Waals surface area contributed by atoms with Gasteiger partial charge in [-0.25, -0.2) is 4.79 Å². The Morgan fingerprint density at radius 3 is 2.38 bits per heavy atom. The molecule has 1 saturated carbocycles. The number of amides is 4. The molecule has 9 N–H and O–H groups in total. The number of benzene rings is 1. The third-order valence-corrected chi connectivity index (χ3v) is 5.85. The predicted molar refractivity (Wildman–Crippen MR) is 124 cm³/mol. The van der Waals surface area contributed by atoms with Crippen molar-refractivity contribution in [3.05, 3.63) is 35.9 Å². The van der Waals surface area contributed by atoms with Gasteiger partial charge in [-0.3, -0.25) is 9.59 Å². The van der Waals surface area contributed by atoms with Crippen LogP contribution in [0.5, 0.6) is 0 Å². The van der Waals surface area contributed by atoms with Crippen LogP contribution in [0.3, 0.4) is 0 Å². The normalized spacial score (nSPS) is 20.1. The first-order valence-electron chi connectivity index (χ1n) is 11.5. The van der Waals surface area contributed by atoms with Gasteiger partial charge in [0.1, 0.15) is 6.17 Å². The molecular weight excluding hydrogens is 408 g/mol. The molecule has 0 aliphatic heterocycles. The van der Waals surface area contributed by atoms with E-state index in [0.717, 1.165) is 44.1 Å². The van der Waals surface area contributed by atoms with E-state index < -0.39 is 18.1 Å². The molecule has 0 bridgehead atoms. The fourth-order valence-electron chi connectivity index (χ4n) is 4.14. The van der Waals surface area contributed by atoms with Crippen molar-refractivity contribution in [3.63, 3.8) is 0 Å². The largest absolute Gasteiger partial charge is 0.370 e. The molecule has 2 rings (SSSR count). The quantitative estimate of drug-likeness (QED) is 0.207. The van der Waals surface area contributed by atoms with Crippen molar-refractivity contribution in [2.75, 3.05) is 6.54 Å².